The Morgan fingerprint density at radius 2 is 1.94 bits per heavy atom. The van der Waals surface area contributed by atoms with E-state index in [0.717, 1.165) is 18.7 Å². The van der Waals surface area contributed by atoms with E-state index in [9.17, 15) is 12.8 Å². The van der Waals surface area contributed by atoms with Gasteiger partial charge in [0.2, 0.25) is 0 Å². The van der Waals surface area contributed by atoms with Gasteiger partial charge in [-0.1, -0.05) is 6.07 Å². The van der Waals surface area contributed by atoms with E-state index >= 15 is 0 Å². The number of nitrogens with zero attached hydrogens (tertiary/aromatic N) is 5. The number of pyridine rings is 2. The Hall–Kier alpha value is -2.98. The Kier molecular flexibility index (Phi) is 5.81. The van der Waals surface area contributed by atoms with Crippen LogP contribution in [0.4, 0.5) is 16.0 Å². The third-order valence-corrected chi connectivity index (χ3v) is 7.95. The zero-order valence-electron chi connectivity index (χ0n) is 19.1. The van der Waals surface area contributed by atoms with E-state index in [2.05, 4.69) is 37.1 Å². The van der Waals surface area contributed by atoms with Crippen LogP contribution < -0.4 is 5.32 Å². The van der Waals surface area contributed by atoms with Crippen molar-refractivity contribution in [2.24, 2.45) is 5.41 Å². The lowest BCUT2D eigenvalue weighted by molar-refractivity contribution is -0.117. The molecule has 0 amide bonds. The predicted molar refractivity (Wildman–Crippen MR) is 126 cm³/mol. The van der Waals surface area contributed by atoms with Crippen LogP contribution in [0.1, 0.15) is 42.8 Å². The fraction of sp³-hybridized carbons (Fsp3) is 0.417. The minimum Gasteiger partial charge on any atom is -0.325 e. The highest BCUT2D eigenvalue weighted by atomic mass is 32.2. The second-order valence-corrected chi connectivity index (χ2v) is 11.5. The van der Waals surface area contributed by atoms with Gasteiger partial charge in [0.1, 0.15) is 24.1 Å². The molecular weight excluding hydrogens is 455 g/mol. The van der Waals surface area contributed by atoms with E-state index in [0.29, 0.717) is 35.9 Å². The van der Waals surface area contributed by atoms with E-state index in [4.69, 9.17) is 0 Å². The number of sulfone groups is 1. The molecule has 2 fully saturated rings. The summed E-state index contributed by atoms with van der Waals surface area (Å²) >= 11 is 0. The topological polar surface area (TPSA) is 101 Å². The van der Waals surface area contributed by atoms with Gasteiger partial charge in [-0.15, -0.1) is 0 Å². The van der Waals surface area contributed by atoms with Crippen LogP contribution in [0.25, 0.3) is 0 Å². The van der Waals surface area contributed by atoms with Crippen LogP contribution in [0, 0.1) is 5.41 Å². The molecule has 178 valence electrons. The second-order valence-electron chi connectivity index (χ2n) is 9.48. The maximum absolute atomic E-state index is 13.2. The quantitative estimate of drug-likeness (QED) is 0.546. The minimum absolute atomic E-state index is 0.199. The van der Waals surface area contributed by atoms with E-state index in [1.807, 2.05) is 18.3 Å². The molecule has 1 saturated carbocycles. The maximum atomic E-state index is 13.2. The number of halogens is 1. The minimum atomic E-state index is -3.39. The van der Waals surface area contributed by atoms with Gasteiger partial charge in [-0.3, -0.25) is 9.88 Å². The lowest BCUT2D eigenvalue weighted by Crippen LogP contribution is -2.63. The number of hydrogen-bond donors (Lipinski definition) is 1. The number of rotatable bonds is 7. The first-order valence-electron chi connectivity index (χ1n) is 11.3. The lowest BCUT2D eigenvalue weighted by Gasteiger charge is -2.59. The fourth-order valence-electron chi connectivity index (χ4n) is 4.92. The van der Waals surface area contributed by atoms with E-state index < -0.39 is 16.0 Å². The van der Waals surface area contributed by atoms with Gasteiger partial charge in [-0.2, -0.15) is 0 Å². The van der Waals surface area contributed by atoms with Gasteiger partial charge < -0.3 is 5.32 Å². The van der Waals surface area contributed by atoms with Crippen molar-refractivity contribution in [3.63, 3.8) is 0 Å². The first-order valence-corrected chi connectivity index (χ1v) is 13.2. The third kappa shape index (κ3) is 4.65. The smallest absolute Gasteiger partial charge is 0.177 e. The summed E-state index contributed by atoms with van der Waals surface area (Å²) in [5.74, 6) is 1.21. The van der Waals surface area contributed by atoms with Gasteiger partial charge in [0.05, 0.1) is 16.3 Å². The molecule has 5 rings (SSSR count). The Bertz CT molecular complexity index is 1290. The standard InChI is InChI=1S/C24H27FN6O2S/c1-16(31-13-24(14-31)10-18(25)11-24)17-5-6-22(27-12-17)30-23-9-19(28-15-29-23)8-20-21(34(2,32)33)4-3-7-26-20/h3-7,9,12,15-16,18H,8,10-11,13-14H2,1-2H3,(H,27,28,29,30)/t16-/m1/s1. The molecule has 10 heteroatoms. The summed E-state index contributed by atoms with van der Waals surface area (Å²) in [5, 5.41) is 3.18. The van der Waals surface area contributed by atoms with Gasteiger partial charge in [-0.05, 0) is 43.5 Å². The summed E-state index contributed by atoms with van der Waals surface area (Å²) in [4.78, 5) is 19.8. The Labute approximate surface area is 198 Å². The average molecular weight is 483 g/mol. The van der Waals surface area contributed by atoms with Crippen molar-refractivity contribution in [3.8, 4) is 0 Å². The molecule has 1 atom stereocenters. The molecule has 0 unspecified atom stereocenters. The second kappa shape index (κ2) is 8.66. The molecule has 0 radical (unpaired) electrons. The number of hydrogen-bond acceptors (Lipinski definition) is 8. The Balaban J connectivity index is 1.23. The van der Waals surface area contributed by atoms with Gasteiger partial charge >= 0.3 is 0 Å². The summed E-state index contributed by atoms with van der Waals surface area (Å²) in [6, 6.07) is 9.10. The lowest BCUT2D eigenvalue weighted by atomic mass is 9.62. The number of nitrogens with one attached hydrogen (secondary N) is 1. The van der Waals surface area contributed by atoms with Crippen LogP contribution in [0.3, 0.4) is 0 Å². The first-order chi connectivity index (χ1) is 16.2. The third-order valence-electron chi connectivity index (χ3n) is 6.78. The van der Waals surface area contributed by atoms with E-state index in [1.54, 1.807) is 24.4 Å². The van der Waals surface area contributed by atoms with Crippen molar-refractivity contribution in [1.29, 1.82) is 0 Å². The Morgan fingerprint density at radius 1 is 1.15 bits per heavy atom. The first kappa shape index (κ1) is 22.8. The summed E-state index contributed by atoms with van der Waals surface area (Å²) in [6.07, 6.45) is 7.08. The molecular formula is C24H27FN6O2S. The summed E-state index contributed by atoms with van der Waals surface area (Å²) in [6.45, 7) is 4.06. The van der Waals surface area contributed by atoms with Crippen LogP contribution in [-0.4, -0.2) is 58.8 Å². The van der Waals surface area contributed by atoms with Crippen LogP contribution in [0.15, 0.2) is 53.9 Å². The van der Waals surface area contributed by atoms with Crippen molar-refractivity contribution in [2.75, 3.05) is 24.7 Å². The largest absolute Gasteiger partial charge is 0.325 e. The number of anilines is 2. The van der Waals surface area contributed by atoms with Crippen molar-refractivity contribution in [2.45, 2.75) is 43.3 Å². The zero-order valence-corrected chi connectivity index (χ0v) is 20.0. The van der Waals surface area contributed by atoms with Gasteiger partial charge in [0.25, 0.3) is 0 Å². The highest BCUT2D eigenvalue weighted by Crippen LogP contribution is 2.51. The molecule has 1 N–H and O–H groups in total. The number of alkyl halides is 1. The molecule has 0 aromatic carbocycles. The normalized spacial score (nSPS) is 18.8. The molecule has 1 saturated heterocycles. The van der Waals surface area contributed by atoms with Crippen molar-refractivity contribution in [1.82, 2.24) is 24.8 Å². The van der Waals surface area contributed by atoms with Gasteiger partial charge in [-0.25, -0.2) is 27.8 Å². The van der Waals surface area contributed by atoms with Crippen LogP contribution in [-0.2, 0) is 16.3 Å². The van der Waals surface area contributed by atoms with Crippen LogP contribution in [0.2, 0.25) is 0 Å². The number of likely N-dealkylation sites (tertiary alicyclic amines) is 1. The molecule has 0 bridgehead atoms. The molecule has 4 heterocycles. The van der Waals surface area contributed by atoms with E-state index in [1.165, 1.54) is 12.6 Å². The SMILES string of the molecule is C[C@H](c1ccc(Nc2cc(Cc3ncccc3S(C)(=O)=O)ncn2)nc1)N1CC2(CC(F)C2)C1. The molecule has 1 aliphatic heterocycles. The fourth-order valence-corrected chi connectivity index (χ4v) is 5.80. The van der Waals surface area contributed by atoms with Crippen LogP contribution in [0.5, 0.6) is 0 Å². The average Bonchev–Trinajstić information content (AvgIpc) is 2.75. The maximum Gasteiger partial charge on any atom is 0.177 e. The van der Waals surface area contributed by atoms with Gasteiger partial charge in [0, 0.05) is 55.7 Å². The highest BCUT2D eigenvalue weighted by molar-refractivity contribution is 7.90. The van der Waals surface area contributed by atoms with Crippen LogP contribution >= 0.6 is 0 Å². The highest BCUT2D eigenvalue weighted by Gasteiger charge is 2.53. The molecule has 2 aliphatic rings. The molecule has 8 nitrogen and oxygen atoms in total. The molecule has 3 aromatic heterocycles. The summed E-state index contributed by atoms with van der Waals surface area (Å²) in [7, 11) is -3.39. The zero-order chi connectivity index (χ0) is 23.9. The molecule has 34 heavy (non-hydrogen) atoms. The molecule has 1 aliphatic carbocycles. The van der Waals surface area contributed by atoms with Gasteiger partial charge in [0.15, 0.2) is 9.84 Å². The summed E-state index contributed by atoms with van der Waals surface area (Å²) in [5.41, 5.74) is 2.42. The predicted octanol–water partition coefficient (Wildman–Crippen LogP) is 3.50. The molecule has 3 aromatic rings. The monoisotopic (exact) mass is 482 g/mol. The van der Waals surface area contributed by atoms with E-state index in [-0.39, 0.29) is 22.8 Å². The van der Waals surface area contributed by atoms with Crippen molar-refractivity contribution in [3.05, 3.63) is 66.0 Å². The van der Waals surface area contributed by atoms with Crippen molar-refractivity contribution < 1.29 is 12.8 Å². The molecule has 1 spiro atoms. The van der Waals surface area contributed by atoms with Crippen molar-refractivity contribution >= 4 is 21.5 Å². The summed E-state index contributed by atoms with van der Waals surface area (Å²) < 4.78 is 37.3. The Morgan fingerprint density at radius 3 is 2.62 bits per heavy atom. The number of aromatic nitrogens is 4.